The van der Waals surface area contributed by atoms with Crippen molar-refractivity contribution in [3.05, 3.63) is 29.3 Å². The molecule has 3 nitrogen and oxygen atoms in total. The third-order valence-corrected chi connectivity index (χ3v) is 4.25. The van der Waals surface area contributed by atoms with Gasteiger partial charge in [-0.3, -0.25) is 4.79 Å². The molecule has 2 unspecified atom stereocenters. The number of nitrogens with one attached hydrogen (secondary N) is 1. The van der Waals surface area contributed by atoms with Gasteiger partial charge in [0.15, 0.2) is 0 Å². The molecule has 0 aromatic heterocycles. The number of amides is 1. The molecule has 6 heteroatoms. The van der Waals surface area contributed by atoms with Crippen molar-refractivity contribution < 1.29 is 4.79 Å². The number of carbonyl (C=O) groups is 1. The Morgan fingerprint density at radius 3 is 2.33 bits per heavy atom. The van der Waals surface area contributed by atoms with Gasteiger partial charge in [0.1, 0.15) is 0 Å². The van der Waals surface area contributed by atoms with Gasteiger partial charge in [0, 0.05) is 22.5 Å². The van der Waals surface area contributed by atoms with Crippen molar-refractivity contribution in [1.82, 2.24) is 5.32 Å². The lowest BCUT2D eigenvalue weighted by Crippen LogP contribution is -2.44. The zero-order valence-electron chi connectivity index (χ0n) is 12.6. The second kappa shape index (κ2) is 10.3. The molecule has 2 atom stereocenters. The molecule has 1 aromatic rings. The number of halogens is 2. The maximum absolute atomic E-state index is 12.2. The number of nitrogens with two attached hydrogens (primary N) is 1. The monoisotopic (exact) mass is 350 g/mol. The molecule has 0 saturated heterocycles. The first kappa shape index (κ1) is 20.6. The molecular formula is C15H24Cl2N2OS. The van der Waals surface area contributed by atoms with E-state index in [2.05, 4.69) is 19.2 Å². The first-order valence-electron chi connectivity index (χ1n) is 6.85. The van der Waals surface area contributed by atoms with Crippen LogP contribution in [0.1, 0.15) is 27.2 Å². The SMILES string of the molecule is CC(C)CC(CN)NC(=O)C(C)Sc1ccc(Cl)cc1.Cl. The van der Waals surface area contributed by atoms with E-state index >= 15 is 0 Å². The van der Waals surface area contributed by atoms with Crippen LogP contribution >= 0.6 is 35.8 Å². The van der Waals surface area contributed by atoms with E-state index in [1.54, 1.807) is 0 Å². The van der Waals surface area contributed by atoms with Crippen LogP contribution < -0.4 is 11.1 Å². The first-order chi connectivity index (χ1) is 9.42. The van der Waals surface area contributed by atoms with Gasteiger partial charge in [-0.1, -0.05) is 25.4 Å². The summed E-state index contributed by atoms with van der Waals surface area (Å²) < 4.78 is 0. The molecule has 0 bridgehead atoms. The van der Waals surface area contributed by atoms with E-state index in [4.69, 9.17) is 17.3 Å². The second-order valence-electron chi connectivity index (χ2n) is 5.28. The van der Waals surface area contributed by atoms with Crippen LogP contribution in [0.5, 0.6) is 0 Å². The van der Waals surface area contributed by atoms with Crippen LogP contribution in [0.2, 0.25) is 5.02 Å². The average molecular weight is 351 g/mol. The van der Waals surface area contributed by atoms with Gasteiger partial charge in [-0.05, 0) is 43.5 Å². The van der Waals surface area contributed by atoms with Gasteiger partial charge in [-0.25, -0.2) is 0 Å². The summed E-state index contributed by atoms with van der Waals surface area (Å²) in [4.78, 5) is 13.2. The fourth-order valence-electron chi connectivity index (χ4n) is 1.87. The Morgan fingerprint density at radius 2 is 1.86 bits per heavy atom. The Balaban J connectivity index is 0.00000400. The fourth-order valence-corrected chi connectivity index (χ4v) is 2.87. The van der Waals surface area contributed by atoms with Crippen molar-refractivity contribution in [1.29, 1.82) is 0 Å². The Kier molecular flexibility index (Phi) is 10.1. The van der Waals surface area contributed by atoms with Crippen LogP contribution in [0.4, 0.5) is 0 Å². The molecule has 0 spiro atoms. The predicted molar refractivity (Wildman–Crippen MR) is 94.5 cm³/mol. The van der Waals surface area contributed by atoms with Gasteiger partial charge >= 0.3 is 0 Å². The average Bonchev–Trinajstić information content (AvgIpc) is 2.39. The van der Waals surface area contributed by atoms with Crippen LogP contribution in [-0.2, 0) is 4.79 Å². The van der Waals surface area contributed by atoms with Crippen molar-refractivity contribution in [2.75, 3.05) is 6.54 Å². The van der Waals surface area contributed by atoms with Gasteiger partial charge in [0.2, 0.25) is 5.91 Å². The standard InChI is InChI=1S/C15H23ClN2OS.ClH/c1-10(2)8-13(9-17)18-15(19)11(3)20-14-6-4-12(16)5-7-14;/h4-7,10-11,13H,8-9,17H2,1-3H3,(H,18,19);1H. The van der Waals surface area contributed by atoms with Crippen LogP contribution in [0.3, 0.4) is 0 Å². The quantitative estimate of drug-likeness (QED) is 0.736. The number of rotatable bonds is 7. The number of hydrogen-bond acceptors (Lipinski definition) is 3. The number of thioether (sulfide) groups is 1. The fraction of sp³-hybridized carbons (Fsp3) is 0.533. The molecule has 0 aliphatic carbocycles. The topological polar surface area (TPSA) is 55.1 Å². The highest BCUT2D eigenvalue weighted by Crippen LogP contribution is 2.24. The van der Waals surface area contributed by atoms with E-state index in [1.807, 2.05) is 31.2 Å². The Bertz CT molecular complexity index is 426. The molecule has 0 saturated carbocycles. The van der Waals surface area contributed by atoms with Crippen molar-refractivity contribution in [3.8, 4) is 0 Å². The maximum Gasteiger partial charge on any atom is 0.233 e. The van der Waals surface area contributed by atoms with Gasteiger partial charge in [-0.2, -0.15) is 0 Å². The van der Waals surface area contributed by atoms with E-state index in [9.17, 15) is 4.79 Å². The Labute approximate surface area is 142 Å². The molecule has 0 aliphatic heterocycles. The molecule has 1 aromatic carbocycles. The van der Waals surface area contributed by atoms with E-state index in [1.165, 1.54) is 11.8 Å². The molecule has 0 radical (unpaired) electrons. The Morgan fingerprint density at radius 1 is 1.29 bits per heavy atom. The number of hydrogen-bond donors (Lipinski definition) is 2. The molecule has 0 aliphatic rings. The summed E-state index contributed by atoms with van der Waals surface area (Å²) >= 11 is 7.36. The minimum Gasteiger partial charge on any atom is -0.351 e. The highest BCUT2D eigenvalue weighted by Gasteiger charge is 2.18. The lowest BCUT2D eigenvalue weighted by atomic mass is 10.0. The normalized spacial score (nSPS) is 13.4. The third kappa shape index (κ3) is 7.96. The second-order valence-corrected chi connectivity index (χ2v) is 7.14. The lowest BCUT2D eigenvalue weighted by molar-refractivity contribution is -0.121. The smallest absolute Gasteiger partial charge is 0.233 e. The van der Waals surface area contributed by atoms with Gasteiger partial charge in [0.05, 0.1) is 5.25 Å². The molecular weight excluding hydrogens is 327 g/mol. The first-order valence-corrected chi connectivity index (χ1v) is 8.10. The largest absolute Gasteiger partial charge is 0.351 e. The summed E-state index contributed by atoms with van der Waals surface area (Å²) in [5.74, 6) is 0.545. The lowest BCUT2D eigenvalue weighted by Gasteiger charge is -2.21. The summed E-state index contributed by atoms with van der Waals surface area (Å²) in [5.41, 5.74) is 5.70. The summed E-state index contributed by atoms with van der Waals surface area (Å²) in [5, 5.41) is 3.56. The van der Waals surface area contributed by atoms with Gasteiger partial charge < -0.3 is 11.1 Å². The van der Waals surface area contributed by atoms with Crippen LogP contribution in [0.25, 0.3) is 0 Å². The summed E-state index contributed by atoms with van der Waals surface area (Å²) in [6, 6.07) is 7.55. The minimum atomic E-state index is -0.155. The Hall–Kier alpha value is -0.420. The third-order valence-electron chi connectivity index (χ3n) is 2.88. The van der Waals surface area contributed by atoms with E-state index < -0.39 is 0 Å². The number of benzene rings is 1. The summed E-state index contributed by atoms with van der Waals surface area (Å²) in [6.45, 7) is 6.63. The van der Waals surface area contributed by atoms with Crippen LogP contribution in [0, 0.1) is 5.92 Å². The molecule has 21 heavy (non-hydrogen) atoms. The van der Waals surface area contributed by atoms with Gasteiger partial charge in [-0.15, -0.1) is 24.2 Å². The molecule has 1 amide bonds. The highest BCUT2D eigenvalue weighted by molar-refractivity contribution is 8.00. The summed E-state index contributed by atoms with van der Waals surface area (Å²) in [6.07, 6.45) is 0.903. The van der Waals surface area contributed by atoms with E-state index in [0.29, 0.717) is 17.5 Å². The zero-order valence-corrected chi connectivity index (χ0v) is 15.0. The summed E-state index contributed by atoms with van der Waals surface area (Å²) in [7, 11) is 0. The molecule has 0 heterocycles. The van der Waals surface area contributed by atoms with E-state index in [0.717, 1.165) is 11.3 Å². The minimum absolute atomic E-state index is 0. The van der Waals surface area contributed by atoms with Crippen molar-refractivity contribution in [3.63, 3.8) is 0 Å². The molecule has 0 fully saturated rings. The molecule has 1 rings (SSSR count). The van der Waals surface area contributed by atoms with E-state index in [-0.39, 0.29) is 29.6 Å². The highest BCUT2D eigenvalue weighted by atomic mass is 35.5. The van der Waals surface area contributed by atoms with Gasteiger partial charge in [0.25, 0.3) is 0 Å². The van der Waals surface area contributed by atoms with Crippen molar-refractivity contribution in [2.24, 2.45) is 11.7 Å². The maximum atomic E-state index is 12.2. The molecule has 3 N–H and O–H groups in total. The van der Waals surface area contributed by atoms with Crippen molar-refractivity contribution in [2.45, 2.75) is 43.4 Å². The predicted octanol–water partition coefficient (Wildman–Crippen LogP) is 3.73. The number of carbonyl (C=O) groups excluding carboxylic acids is 1. The van der Waals surface area contributed by atoms with Crippen LogP contribution in [-0.4, -0.2) is 23.7 Å². The molecule has 120 valence electrons. The zero-order chi connectivity index (χ0) is 15.1. The van der Waals surface area contributed by atoms with Crippen LogP contribution in [0.15, 0.2) is 29.2 Å². The van der Waals surface area contributed by atoms with Crippen molar-refractivity contribution >= 4 is 41.7 Å².